The van der Waals surface area contributed by atoms with Crippen molar-refractivity contribution in [1.82, 2.24) is 0 Å². The van der Waals surface area contributed by atoms with Crippen molar-refractivity contribution in [2.45, 2.75) is 65.3 Å². The number of amides is 1. The number of benzene rings is 1. The third-order valence-electron chi connectivity index (χ3n) is 4.39. The predicted molar refractivity (Wildman–Crippen MR) is 97.9 cm³/mol. The van der Waals surface area contributed by atoms with Crippen LogP contribution in [-0.2, 0) is 14.0 Å². The predicted octanol–water partition coefficient (Wildman–Crippen LogP) is 2.92. The fraction of sp³-hybridized carbons (Fsp3) is 0.588. The molecule has 1 amide bonds. The van der Waals surface area contributed by atoms with E-state index in [2.05, 4.69) is 0 Å². The van der Waals surface area contributed by atoms with Crippen molar-refractivity contribution in [3.63, 3.8) is 0 Å². The van der Waals surface area contributed by atoms with Crippen LogP contribution in [0.1, 0.15) is 48.5 Å². The van der Waals surface area contributed by atoms with Gasteiger partial charge in [-0.3, -0.25) is 0 Å². The second kappa shape index (κ2) is 6.55. The number of hydrogen-bond acceptors (Lipinski definition) is 6. The van der Waals surface area contributed by atoms with Crippen LogP contribution in [0.4, 0.5) is 10.5 Å². The molecule has 0 bridgehead atoms. The first kappa shape index (κ1) is 20.2. The molecule has 1 aliphatic rings. The monoisotopic (exact) mass is 364 g/mol. The Bertz CT molecular complexity index is 680. The van der Waals surface area contributed by atoms with Gasteiger partial charge in [-0.1, -0.05) is 12.1 Å². The Morgan fingerprint density at radius 2 is 1.58 bits per heavy atom. The molecule has 2 rings (SSSR count). The van der Waals surface area contributed by atoms with Crippen molar-refractivity contribution in [2.75, 3.05) is 5.01 Å². The van der Waals surface area contributed by atoms with Crippen molar-refractivity contribution in [1.29, 1.82) is 0 Å². The van der Waals surface area contributed by atoms with Gasteiger partial charge in [0.2, 0.25) is 0 Å². The molecule has 26 heavy (non-hydrogen) atoms. The molecule has 0 aromatic heterocycles. The lowest BCUT2D eigenvalue weighted by Gasteiger charge is -2.32. The SMILES string of the molecule is CC(C)(C)OC(=O)N(c1ccc(B2OC(C)(C)C(C)(C)O2)cc1)[N+](=O)[O-]. The van der Waals surface area contributed by atoms with Gasteiger partial charge in [-0.15, -0.1) is 0 Å². The number of nitrogens with zero attached hydrogens (tertiary/aromatic N) is 2. The molecule has 1 aliphatic heterocycles. The first-order chi connectivity index (χ1) is 11.7. The maximum atomic E-state index is 12.1. The summed E-state index contributed by atoms with van der Waals surface area (Å²) in [5, 5.41) is 10.9. The molecule has 1 aromatic rings. The molecule has 1 saturated heterocycles. The van der Waals surface area contributed by atoms with Gasteiger partial charge in [-0.05, 0) is 66.1 Å². The molecule has 0 atom stereocenters. The third-order valence-corrected chi connectivity index (χ3v) is 4.39. The van der Waals surface area contributed by atoms with E-state index in [1.54, 1.807) is 32.9 Å². The maximum absolute atomic E-state index is 12.1. The summed E-state index contributed by atoms with van der Waals surface area (Å²) < 4.78 is 17.0. The maximum Gasteiger partial charge on any atom is 0.494 e. The van der Waals surface area contributed by atoms with Crippen LogP contribution in [0.25, 0.3) is 0 Å². The van der Waals surface area contributed by atoms with Gasteiger partial charge in [0, 0.05) is 5.01 Å². The van der Waals surface area contributed by atoms with Crippen LogP contribution in [0, 0.1) is 10.1 Å². The Morgan fingerprint density at radius 1 is 1.12 bits per heavy atom. The Labute approximate surface area is 153 Å². The molecule has 1 aromatic carbocycles. The molecule has 0 aliphatic carbocycles. The van der Waals surface area contributed by atoms with Gasteiger partial charge in [0.1, 0.15) is 11.3 Å². The standard InChI is InChI=1S/C17H25BN2O6/c1-15(2,3)24-14(21)19(20(22)23)13-10-8-12(9-11-13)18-25-16(4,5)17(6,7)26-18/h8-11H,1-7H3. The van der Waals surface area contributed by atoms with E-state index >= 15 is 0 Å². The summed E-state index contributed by atoms with van der Waals surface area (Å²) in [5.41, 5.74) is -1.02. The van der Waals surface area contributed by atoms with Gasteiger partial charge in [0.25, 0.3) is 0 Å². The molecule has 142 valence electrons. The van der Waals surface area contributed by atoms with E-state index in [1.807, 2.05) is 27.7 Å². The Balaban J connectivity index is 2.22. The van der Waals surface area contributed by atoms with E-state index in [9.17, 15) is 14.9 Å². The highest BCUT2D eigenvalue weighted by Gasteiger charge is 2.51. The molecule has 0 unspecified atom stereocenters. The molecule has 1 fully saturated rings. The number of carbonyl (C=O) groups is 1. The van der Waals surface area contributed by atoms with Gasteiger partial charge in [-0.25, -0.2) is 14.9 Å². The van der Waals surface area contributed by atoms with Gasteiger partial charge in [0.15, 0.2) is 5.03 Å². The Morgan fingerprint density at radius 3 is 1.96 bits per heavy atom. The molecular formula is C17H25BN2O6. The molecular weight excluding hydrogens is 339 g/mol. The molecule has 0 saturated carbocycles. The van der Waals surface area contributed by atoms with Crippen LogP contribution < -0.4 is 10.5 Å². The number of hydrazine groups is 1. The Kier molecular flexibility index (Phi) is 5.09. The fourth-order valence-electron chi connectivity index (χ4n) is 2.32. The third kappa shape index (κ3) is 4.16. The van der Waals surface area contributed by atoms with Crippen molar-refractivity contribution >= 4 is 24.4 Å². The summed E-state index contributed by atoms with van der Waals surface area (Å²) in [6, 6.07) is 6.21. The zero-order valence-corrected chi connectivity index (χ0v) is 16.2. The quantitative estimate of drug-likeness (QED) is 0.465. The van der Waals surface area contributed by atoms with Gasteiger partial charge in [-0.2, -0.15) is 0 Å². The average Bonchev–Trinajstić information content (AvgIpc) is 2.66. The van der Waals surface area contributed by atoms with Crippen LogP contribution in [-0.4, -0.2) is 35.0 Å². The lowest BCUT2D eigenvalue weighted by Crippen LogP contribution is -2.41. The first-order valence-corrected chi connectivity index (χ1v) is 8.36. The number of hydrogen-bond donors (Lipinski definition) is 0. The molecule has 0 spiro atoms. The summed E-state index contributed by atoms with van der Waals surface area (Å²) in [6.07, 6.45) is -1.05. The molecule has 1 heterocycles. The van der Waals surface area contributed by atoms with E-state index in [1.165, 1.54) is 12.1 Å². The largest absolute Gasteiger partial charge is 0.494 e. The number of ether oxygens (including phenoxy) is 1. The number of anilines is 1. The summed E-state index contributed by atoms with van der Waals surface area (Å²) in [6.45, 7) is 12.7. The molecule has 8 nitrogen and oxygen atoms in total. The van der Waals surface area contributed by atoms with Crippen molar-refractivity contribution in [3.05, 3.63) is 34.4 Å². The van der Waals surface area contributed by atoms with Crippen molar-refractivity contribution in [3.8, 4) is 0 Å². The average molecular weight is 364 g/mol. The number of rotatable bonds is 3. The summed E-state index contributed by atoms with van der Waals surface area (Å²) >= 11 is 0. The van der Waals surface area contributed by atoms with E-state index in [0.717, 1.165) is 0 Å². The molecule has 0 radical (unpaired) electrons. The van der Waals surface area contributed by atoms with Gasteiger partial charge in [0.05, 0.1) is 11.2 Å². The lowest BCUT2D eigenvalue weighted by atomic mass is 9.79. The summed E-state index contributed by atoms with van der Waals surface area (Å²) in [5.74, 6) is 0. The van der Waals surface area contributed by atoms with Crippen molar-refractivity contribution < 1.29 is 23.9 Å². The highest BCUT2D eigenvalue weighted by molar-refractivity contribution is 6.62. The van der Waals surface area contributed by atoms with Crippen LogP contribution in [0.2, 0.25) is 0 Å². The zero-order valence-electron chi connectivity index (χ0n) is 16.2. The van der Waals surface area contributed by atoms with E-state index in [4.69, 9.17) is 14.0 Å². The topological polar surface area (TPSA) is 91.1 Å². The highest BCUT2D eigenvalue weighted by atomic mass is 16.7. The number of carbonyl (C=O) groups excluding carboxylic acids is 1. The van der Waals surface area contributed by atoms with Crippen LogP contribution >= 0.6 is 0 Å². The lowest BCUT2D eigenvalue weighted by molar-refractivity contribution is -0.484. The Hall–Kier alpha value is -2.13. The molecule has 9 heteroatoms. The van der Waals surface area contributed by atoms with E-state index in [0.29, 0.717) is 10.5 Å². The van der Waals surface area contributed by atoms with E-state index < -0.39 is 35.0 Å². The zero-order chi connectivity index (χ0) is 19.9. The van der Waals surface area contributed by atoms with Gasteiger partial charge >= 0.3 is 13.2 Å². The summed E-state index contributed by atoms with van der Waals surface area (Å²) in [7, 11) is -0.584. The highest BCUT2D eigenvalue weighted by Crippen LogP contribution is 2.36. The second-order valence-electron chi connectivity index (χ2n) is 8.21. The van der Waals surface area contributed by atoms with E-state index in [-0.39, 0.29) is 5.69 Å². The normalized spacial score (nSPS) is 18.5. The second-order valence-corrected chi connectivity index (χ2v) is 8.21. The number of nitro groups is 1. The first-order valence-electron chi connectivity index (χ1n) is 8.36. The van der Waals surface area contributed by atoms with Gasteiger partial charge < -0.3 is 14.0 Å². The molecule has 0 N–H and O–H groups in total. The fourth-order valence-corrected chi connectivity index (χ4v) is 2.32. The summed E-state index contributed by atoms with van der Waals surface area (Å²) in [4.78, 5) is 23.4. The van der Waals surface area contributed by atoms with Crippen LogP contribution in [0.5, 0.6) is 0 Å². The van der Waals surface area contributed by atoms with Crippen LogP contribution in [0.15, 0.2) is 24.3 Å². The van der Waals surface area contributed by atoms with Crippen molar-refractivity contribution in [2.24, 2.45) is 0 Å². The smallest absolute Gasteiger partial charge is 0.440 e. The minimum atomic E-state index is -1.05. The van der Waals surface area contributed by atoms with Crippen LogP contribution in [0.3, 0.4) is 0 Å². The minimum Gasteiger partial charge on any atom is -0.440 e. The minimum absolute atomic E-state index is 0.0875.